The van der Waals surface area contributed by atoms with Crippen LogP contribution in [-0.4, -0.2) is 55.5 Å². The van der Waals surface area contributed by atoms with Crippen molar-refractivity contribution in [3.8, 4) is 17.2 Å². The third-order valence-corrected chi connectivity index (χ3v) is 10.2. The lowest BCUT2D eigenvalue weighted by atomic mass is 10.0. The number of benzene rings is 1. The summed E-state index contributed by atoms with van der Waals surface area (Å²) < 4.78 is 81.9. The Balaban J connectivity index is 1.46. The number of pyridine rings is 1. The molecule has 3 atom stereocenters. The second kappa shape index (κ2) is 10.8. The molecular weight excluding hydrogens is 547 g/mol. The molecule has 8 nitrogen and oxygen atoms in total. The number of amides is 1. The number of nitrogens with zero attached hydrogens (tertiary/aromatic N) is 2. The second-order valence-corrected chi connectivity index (χ2v) is 13.0. The maximum atomic E-state index is 14.3. The van der Waals surface area contributed by atoms with Crippen LogP contribution < -0.4 is 5.32 Å². The van der Waals surface area contributed by atoms with Crippen molar-refractivity contribution in [2.24, 2.45) is 5.92 Å². The number of nitriles is 1. The Labute approximate surface area is 230 Å². The fourth-order valence-corrected chi connectivity index (χ4v) is 7.50. The van der Waals surface area contributed by atoms with Gasteiger partial charge in [0, 0.05) is 25.1 Å². The Kier molecular flexibility index (Phi) is 7.67. The Bertz CT molecular complexity index is 1430. The van der Waals surface area contributed by atoms with E-state index in [-0.39, 0.29) is 24.5 Å². The lowest BCUT2D eigenvalue weighted by Gasteiger charge is -2.28. The van der Waals surface area contributed by atoms with Gasteiger partial charge < -0.3 is 14.8 Å². The fraction of sp³-hybridized carbons (Fsp3) is 0.536. The van der Waals surface area contributed by atoms with Crippen LogP contribution in [0.3, 0.4) is 0 Å². The molecule has 1 N–H and O–H groups in total. The molecule has 2 aromatic rings. The van der Waals surface area contributed by atoms with Crippen molar-refractivity contribution in [1.82, 2.24) is 10.3 Å². The number of halogens is 3. The molecule has 3 aliphatic rings. The topological polar surface area (TPSA) is 118 Å². The first-order valence-electron chi connectivity index (χ1n) is 13.3. The molecule has 0 spiro atoms. The third-order valence-electron chi connectivity index (χ3n) is 7.92. The zero-order valence-electron chi connectivity index (χ0n) is 21.9. The van der Waals surface area contributed by atoms with Gasteiger partial charge in [-0.25, -0.2) is 8.42 Å². The number of hydrogen-bond acceptors (Lipinski definition) is 7. The molecular formula is C28H30F3N3O5S. The van der Waals surface area contributed by atoms with Gasteiger partial charge >= 0.3 is 6.18 Å². The van der Waals surface area contributed by atoms with Crippen LogP contribution in [0.1, 0.15) is 49.8 Å². The van der Waals surface area contributed by atoms with E-state index >= 15 is 0 Å². The molecule has 2 saturated carbocycles. The van der Waals surface area contributed by atoms with Crippen LogP contribution >= 0.6 is 0 Å². The number of nitrogens with one attached hydrogen (secondary N) is 1. The molecule has 1 aliphatic heterocycles. The van der Waals surface area contributed by atoms with Crippen LogP contribution in [-0.2, 0) is 30.3 Å². The molecule has 5 rings (SSSR count). The van der Waals surface area contributed by atoms with E-state index in [0.29, 0.717) is 50.2 Å². The van der Waals surface area contributed by atoms with Crippen molar-refractivity contribution in [1.29, 1.82) is 5.26 Å². The van der Waals surface area contributed by atoms with Crippen molar-refractivity contribution >= 4 is 15.7 Å². The van der Waals surface area contributed by atoms with Gasteiger partial charge in [0.05, 0.1) is 39.9 Å². The highest BCUT2D eigenvalue weighted by molar-refractivity contribution is 7.92. The molecule has 3 fully saturated rings. The van der Waals surface area contributed by atoms with Crippen molar-refractivity contribution < 1.29 is 35.9 Å². The molecule has 40 heavy (non-hydrogen) atoms. The molecule has 2 aliphatic carbocycles. The number of aromatic nitrogens is 1. The zero-order chi connectivity index (χ0) is 28.7. The highest BCUT2D eigenvalue weighted by atomic mass is 32.2. The Morgan fingerprint density at radius 1 is 1.15 bits per heavy atom. The van der Waals surface area contributed by atoms with E-state index < -0.39 is 55.2 Å². The molecule has 12 heteroatoms. The lowest BCUT2D eigenvalue weighted by Crippen LogP contribution is -2.43. The summed E-state index contributed by atoms with van der Waals surface area (Å²) in [4.78, 5) is 16.5. The summed E-state index contributed by atoms with van der Waals surface area (Å²) in [6.45, 7) is 2.64. The van der Waals surface area contributed by atoms with Gasteiger partial charge in [-0.1, -0.05) is 6.07 Å². The van der Waals surface area contributed by atoms with Crippen LogP contribution in [0.4, 0.5) is 13.2 Å². The standard InChI is InChI=1S/C28H30F3N3O5S/c1-17-12-19(4-9-33-17)18-2-3-25(23(13-18)28(29,30)31)40(36,37)21-14-22(26(35)34-27(16-32)7-8-27)24(15-21)39-20-5-10-38-11-6-20/h2-4,9,12-13,20-22,24H,5-8,10-11,14-15H2,1H3,(H,34,35)/t21?,22-,24-/m1/s1. The summed E-state index contributed by atoms with van der Waals surface area (Å²) in [7, 11) is -4.52. The van der Waals surface area contributed by atoms with Gasteiger partial charge in [-0.2, -0.15) is 18.4 Å². The van der Waals surface area contributed by atoms with E-state index in [1.807, 2.05) is 0 Å². The largest absolute Gasteiger partial charge is 0.417 e. The average molecular weight is 578 g/mol. The van der Waals surface area contributed by atoms with Crippen molar-refractivity contribution in [2.45, 2.75) is 79.5 Å². The number of sulfone groups is 1. The van der Waals surface area contributed by atoms with Gasteiger partial charge in [0.2, 0.25) is 5.91 Å². The zero-order valence-corrected chi connectivity index (χ0v) is 22.7. The number of ether oxygens (including phenoxy) is 2. The van der Waals surface area contributed by atoms with E-state index in [4.69, 9.17) is 9.47 Å². The van der Waals surface area contributed by atoms with E-state index in [0.717, 1.165) is 12.1 Å². The van der Waals surface area contributed by atoms with Gasteiger partial charge in [-0.15, -0.1) is 0 Å². The van der Waals surface area contributed by atoms with Gasteiger partial charge in [-0.3, -0.25) is 9.78 Å². The van der Waals surface area contributed by atoms with Crippen molar-refractivity contribution in [2.75, 3.05) is 13.2 Å². The molecule has 1 aromatic heterocycles. The summed E-state index contributed by atoms with van der Waals surface area (Å²) in [6.07, 6.45) is -2.73. The molecule has 1 unspecified atom stereocenters. The Morgan fingerprint density at radius 3 is 2.48 bits per heavy atom. The van der Waals surface area contributed by atoms with Gasteiger partial charge in [-0.05, 0) is 80.8 Å². The molecule has 0 bridgehead atoms. The highest BCUT2D eigenvalue weighted by Gasteiger charge is 2.51. The molecule has 2 heterocycles. The number of rotatable bonds is 7. The molecule has 214 valence electrons. The van der Waals surface area contributed by atoms with E-state index in [1.54, 1.807) is 19.1 Å². The Morgan fingerprint density at radius 2 is 1.85 bits per heavy atom. The van der Waals surface area contributed by atoms with Crippen LogP contribution in [0.5, 0.6) is 0 Å². The molecule has 0 radical (unpaired) electrons. The monoisotopic (exact) mass is 577 g/mol. The van der Waals surface area contributed by atoms with Crippen LogP contribution in [0.25, 0.3) is 11.1 Å². The predicted molar refractivity (Wildman–Crippen MR) is 138 cm³/mol. The fourth-order valence-electron chi connectivity index (χ4n) is 5.50. The predicted octanol–water partition coefficient (Wildman–Crippen LogP) is 4.36. The first kappa shape index (κ1) is 28.5. The molecule has 1 saturated heterocycles. The number of hydrogen-bond donors (Lipinski definition) is 1. The average Bonchev–Trinajstić information content (AvgIpc) is 3.56. The highest BCUT2D eigenvalue weighted by Crippen LogP contribution is 2.43. The van der Waals surface area contributed by atoms with E-state index in [2.05, 4.69) is 16.4 Å². The smallest absolute Gasteiger partial charge is 0.381 e. The quantitative estimate of drug-likeness (QED) is 0.519. The van der Waals surface area contributed by atoms with Crippen LogP contribution in [0, 0.1) is 24.2 Å². The lowest BCUT2D eigenvalue weighted by molar-refractivity contribution is -0.140. The van der Waals surface area contributed by atoms with Crippen molar-refractivity contribution in [3.05, 3.63) is 47.8 Å². The molecule has 1 amide bonds. The third kappa shape index (κ3) is 5.87. The normalized spacial score (nSPS) is 24.8. The second-order valence-electron chi connectivity index (χ2n) is 10.8. The van der Waals surface area contributed by atoms with E-state index in [9.17, 15) is 31.6 Å². The summed E-state index contributed by atoms with van der Waals surface area (Å²) in [5.74, 6) is -1.42. The molecule has 1 aromatic carbocycles. The van der Waals surface area contributed by atoms with Gasteiger partial charge in [0.1, 0.15) is 5.54 Å². The first-order valence-corrected chi connectivity index (χ1v) is 14.8. The minimum absolute atomic E-state index is 0.125. The maximum absolute atomic E-state index is 14.3. The Hall–Kier alpha value is -3.01. The van der Waals surface area contributed by atoms with Crippen LogP contribution in [0.2, 0.25) is 0 Å². The number of carbonyl (C=O) groups is 1. The summed E-state index contributed by atoms with van der Waals surface area (Å²) in [5, 5.41) is 10.9. The van der Waals surface area contributed by atoms with Gasteiger partial charge in [0.25, 0.3) is 0 Å². The van der Waals surface area contributed by atoms with Gasteiger partial charge in [0.15, 0.2) is 9.84 Å². The number of carbonyl (C=O) groups excluding carboxylic acids is 1. The SMILES string of the molecule is Cc1cc(-c2ccc(S(=O)(=O)C3C[C@@H](OC4CCOCC4)[C@H](C(=O)NC4(C#N)CC4)C3)c(C(F)(F)F)c2)ccn1. The minimum Gasteiger partial charge on any atom is -0.381 e. The summed E-state index contributed by atoms with van der Waals surface area (Å²) >= 11 is 0. The number of aryl methyl sites for hydroxylation is 1. The first-order chi connectivity index (χ1) is 18.9. The minimum atomic E-state index is -4.93. The summed E-state index contributed by atoms with van der Waals surface area (Å²) in [6, 6.07) is 8.46. The summed E-state index contributed by atoms with van der Waals surface area (Å²) in [5.41, 5.74) is -0.918. The van der Waals surface area contributed by atoms with Crippen LogP contribution in [0.15, 0.2) is 41.4 Å². The van der Waals surface area contributed by atoms with Crippen molar-refractivity contribution in [3.63, 3.8) is 0 Å². The maximum Gasteiger partial charge on any atom is 0.417 e. The number of alkyl halides is 3. The van der Waals surface area contributed by atoms with E-state index in [1.165, 1.54) is 12.3 Å².